The van der Waals surface area contributed by atoms with Gasteiger partial charge in [-0.15, -0.1) is 0 Å². The van der Waals surface area contributed by atoms with E-state index in [1.54, 1.807) is 0 Å². The average Bonchev–Trinajstić information content (AvgIpc) is 2.94. The number of halogens is 6. The second-order valence-corrected chi connectivity index (χ2v) is 8.18. The van der Waals surface area contributed by atoms with Gasteiger partial charge >= 0.3 is 6.18 Å². The third kappa shape index (κ3) is 2.93. The molecule has 3 unspecified atom stereocenters. The quantitative estimate of drug-likeness (QED) is 0.474. The molecule has 0 N–H and O–H groups in total. The molecule has 3 nitrogen and oxygen atoms in total. The van der Waals surface area contributed by atoms with Crippen molar-refractivity contribution in [2.45, 2.75) is 38.4 Å². The fourth-order valence-corrected chi connectivity index (χ4v) is 4.37. The highest BCUT2D eigenvalue weighted by Crippen LogP contribution is 2.71. The van der Waals surface area contributed by atoms with E-state index in [-0.39, 0.29) is 28.7 Å². The second-order valence-electron chi connectivity index (χ2n) is 6.69. The summed E-state index contributed by atoms with van der Waals surface area (Å²) in [7, 11) is 0. The Labute approximate surface area is 150 Å². The van der Waals surface area contributed by atoms with Crippen molar-refractivity contribution in [2.24, 2.45) is 17.8 Å². The number of hydrogen-bond acceptors (Lipinski definition) is 3. The molecule has 0 amide bonds. The van der Waals surface area contributed by atoms with Gasteiger partial charge in [-0.1, -0.05) is 25.4 Å². The predicted octanol–water partition coefficient (Wildman–Crippen LogP) is 5.35. The van der Waals surface area contributed by atoms with Crippen LogP contribution in [0.3, 0.4) is 0 Å². The maximum Gasteiger partial charge on any atom is 0.392 e. The average molecular weight is 433 g/mol. The Bertz CT molecular complexity index is 640. The summed E-state index contributed by atoms with van der Waals surface area (Å²) in [5.74, 6) is -0.855. The van der Waals surface area contributed by atoms with Crippen LogP contribution >= 0.6 is 39.1 Å². The van der Waals surface area contributed by atoms with Crippen LogP contribution in [0.4, 0.5) is 19.0 Å². The normalized spacial score (nSPS) is 29.3. The summed E-state index contributed by atoms with van der Waals surface area (Å²) in [6.07, 6.45) is -3.51. The lowest BCUT2D eigenvalue weighted by Gasteiger charge is -2.45. The molecule has 0 radical (unpaired) electrons. The predicted molar refractivity (Wildman–Crippen MR) is 86.9 cm³/mol. The third-order valence-corrected chi connectivity index (χ3v) is 6.09. The van der Waals surface area contributed by atoms with Crippen molar-refractivity contribution in [3.63, 3.8) is 0 Å². The van der Waals surface area contributed by atoms with E-state index in [2.05, 4.69) is 25.9 Å². The number of nitrogens with zero attached hydrogens (tertiary/aromatic N) is 3. The zero-order valence-electron chi connectivity index (χ0n) is 12.5. The Morgan fingerprint density at radius 2 is 1.96 bits per heavy atom. The molecule has 2 aliphatic carbocycles. The first-order chi connectivity index (χ1) is 10.6. The summed E-state index contributed by atoms with van der Waals surface area (Å²) >= 11 is 15.3. The van der Waals surface area contributed by atoms with Crippen molar-refractivity contribution in [2.75, 3.05) is 11.4 Å². The molecule has 9 heteroatoms. The molecule has 0 aromatic carbocycles. The number of rotatable bonds is 4. The fourth-order valence-electron chi connectivity index (χ4n) is 3.61. The first kappa shape index (κ1) is 17.5. The van der Waals surface area contributed by atoms with Crippen LogP contribution in [0, 0.1) is 17.8 Å². The van der Waals surface area contributed by atoms with Crippen LogP contribution in [0.25, 0.3) is 0 Å². The molecule has 1 aromatic rings. The van der Waals surface area contributed by atoms with Gasteiger partial charge in [0.1, 0.15) is 11.0 Å². The van der Waals surface area contributed by atoms with E-state index in [1.165, 1.54) is 0 Å². The van der Waals surface area contributed by atoms with Gasteiger partial charge in [0.25, 0.3) is 0 Å². The molecule has 128 valence electrons. The minimum absolute atomic E-state index is 0.0118. The first-order valence-corrected chi connectivity index (χ1v) is 8.84. The fraction of sp³-hybridized carbons (Fsp3) is 0.714. The zero-order chi connectivity index (χ0) is 17.2. The zero-order valence-corrected chi connectivity index (χ0v) is 15.6. The Hall–Kier alpha value is -0.270. The molecule has 2 fully saturated rings. The molecule has 3 atom stereocenters. The third-order valence-electron chi connectivity index (χ3n) is 4.69. The lowest BCUT2D eigenvalue weighted by atomic mass is 9.78. The molecule has 0 spiro atoms. The smallest absolute Gasteiger partial charge is 0.349 e. The minimum atomic E-state index is -4.13. The van der Waals surface area contributed by atoms with Gasteiger partial charge in [-0.2, -0.15) is 18.2 Å². The number of hydrogen-bond donors (Lipinski definition) is 0. The molecule has 1 heterocycles. The van der Waals surface area contributed by atoms with Crippen LogP contribution in [-0.4, -0.2) is 28.2 Å². The van der Waals surface area contributed by atoms with E-state index in [0.29, 0.717) is 23.3 Å². The van der Waals surface area contributed by atoms with E-state index in [0.717, 1.165) is 0 Å². The van der Waals surface area contributed by atoms with Gasteiger partial charge in [0.2, 0.25) is 5.28 Å². The van der Waals surface area contributed by atoms with Gasteiger partial charge in [-0.05, 0) is 52.2 Å². The van der Waals surface area contributed by atoms with Gasteiger partial charge in [0, 0.05) is 12.1 Å². The van der Waals surface area contributed by atoms with Gasteiger partial charge in [0.15, 0.2) is 0 Å². The molecule has 0 bridgehead atoms. The highest BCUT2D eigenvalue weighted by atomic mass is 79.9. The first-order valence-electron chi connectivity index (χ1n) is 7.29. The van der Waals surface area contributed by atoms with Crippen LogP contribution in [0.5, 0.6) is 0 Å². The van der Waals surface area contributed by atoms with Crippen molar-refractivity contribution in [1.82, 2.24) is 9.97 Å². The number of fused-ring (bicyclic) bond motifs is 1. The van der Waals surface area contributed by atoms with E-state index in [9.17, 15) is 13.2 Å². The minimum Gasteiger partial charge on any atom is -0.349 e. The molecular formula is C14H15BrCl2F3N3. The summed E-state index contributed by atoms with van der Waals surface area (Å²) in [6.45, 7) is 4.61. The van der Waals surface area contributed by atoms with Gasteiger partial charge in [-0.3, -0.25) is 0 Å². The number of anilines is 1. The molecule has 2 aliphatic rings. The highest BCUT2D eigenvalue weighted by Gasteiger charge is 2.76. The maximum absolute atomic E-state index is 13.0. The van der Waals surface area contributed by atoms with E-state index >= 15 is 0 Å². The molecule has 3 rings (SSSR count). The Morgan fingerprint density at radius 3 is 2.48 bits per heavy atom. The molecule has 0 saturated heterocycles. The Balaban J connectivity index is 1.94. The standard InChI is InChI=1S/C14H15BrCl2F3N3/c1-6(2)5-23(11-9(15)10(16)21-12(17)22-11)13-3-7(13)8(4-13)14(18,19)20/h6-8H,3-5H2,1-2H3. The van der Waals surface area contributed by atoms with Crippen molar-refractivity contribution in [3.8, 4) is 0 Å². The Kier molecular flexibility index (Phi) is 4.30. The van der Waals surface area contributed by atoms with E-state index in [1.807, 2.05) is 18.7 Å². The maximum atomic E-state index is 13.0. The van der Waals surface area contributed by atoms with Gasteiger partial charge < -0.3 is 4.90 Å². The van der Waals surface area contributed by atoms with Crippen LogP contribution < -0.4 is 4.90 Å². The molecule has 23 heavy (non-hydrogen) atoms. The SMILES string of the molecule is CC(C)CN(c1nc(Cl)nc(Cl)c1Br)C12CC(C(F)(F)F)C1C2. The lowest BCUT2D eigenvalue weighted by molar-refractivity contribution is -0.200. The largest absolute Gasteiger partial charge is 0.392 e. The monoisotopic (exact) mass is 431 g/mol. The van der Waals surface area contributed by atoms with Crippen molar-refractivity contribution in [1.29, 1.82) is 0 Å². The molecule has 0 aliphatic heterocycles. The summed E-state index contributed by atoms with van der Waals surface area (Å²) < 4.78 is 39.4. The highest BCUT2D eigenvalue weighted by molar-refractivity contribution is 9.10. The van der Waals surface area contributed by atoms with E-state index < -0.39 is 17.6 Å². The van der Waals surface area contributed by atoms with Crippen LogP contribution in [0.2, 0.25) is 10.4 Å². The topological polar surface area (TPSA) is 29.0 Å². The van der Waals surface area contributed by atoms with Gasteiger partial charge in [-0.25, -0.2) is 4.98 Å². The number of alkyl halides is 3. The van der Waals surface area contributed by atoms with Crippen molar-refractivity contribution < 1.29 is 13.2 Å². The van der Waals surface area contributed by atoms with Crippen molar-refractivity contribution in [3.05, 3.63) is 14.9 Å². The summed E-state index contributed by atoms with van der Waals surface area (Å²) in [5.41, 5.74) is -0.478. The van der Waals surface area contributed by atoms with Crippen LogP contribution in [0.15, 0.2) is 4.47 Å². The molecular weight excluding hydrogens is 418 g/mol. The Morgan fingerprint density at radius 1 is 1.30 bits per heavy atom. The second kappa shape index (κ2) is 5.63. The lowest BCUT2D eigenvalue weighted by Crippen LogP contribution is -2.53. The molecule has 1 aromatic heterocycles. The summed E-state index contributed by atoms with van der Waals surface area (Å²) in [5, 5.41) is 0.149. The number of aromatic nitrogens is 2. The van der Waals surface area contributed by atoms with Crippen molar-refractivity contribution >= 4 is 44.9 Å². The summed E-state index contributed by atoms with van der Waals surface area (Å²) in [4.78, 5) is 10.0. The van der Waals surface area contributed by atoms with E-state index in [4.69, 9.17) is 23.2 Å². The van der Waals surface area contributed by atoms with Crippen LogP contribution in [-0.2, 0) is 0 Å². The molecule has 2 saturated carbocycles. The summed E-state index contributed by atoms with van der Waals surface area (Å²) in [6, 6.07) is 0. The van der Waals surface area contributed by atoms with Gasteiger partial charge in [0.05, 0.1) is 10.4 Å². The van der Waals surface area contributed by atoms with Crippen LogP contribution in [0.1, 0.15) is 26.7 Å².